The van der Waals surface area contributed by atoms with Crippen LogP contribution in [0, 0.1) is 11.6 Å². The number of aromatic nitrogens is 2. The quantitative estimate of drug-likeness (QED) is 0.812. The van der Waals surface area contributed by atoms with Crippen molar-refractivity contribution in [3.05, 3.63) is 41.6 Å². The van der Waals surface area contributed by atoms with Crippen molar-refractivity contribution >= 4 is 21.7 Å². The number of anilines is 1. The van der Waals surface area contributed by atoms with E-state index in [1.807, 2.05) is 4.72 Å². The van der Waals surface area contributed by atoms with Gasteiger partial charge < -0.3 is 4.74 Å². The summed E-state index contributed by atoms with van der Waals surface area (Å²) < 4.78 is 57.0. The molecule has 10 heteroatoms. The zero-order valence-electron chi connectivity index (χ0n) is 11.3. The molecule has 7 nitrogen and oxygen atoms in total. The molecular weight excluding hydrogens is 320 g/mol. The van der Waals surface area contributed by atoms with Gasteiger partial charge in [-0.2, -0.15) is 13.5 Å². The van der Waals surface area contributed by atoms with Crippen LogP contribution in [0.3, 0.4) is 0 Å². The molecule has 0 aliphatic carbocycles. The Morgan fingerprint density at radius 1 is 1.36 bits per heavy atom. The summed E-state index contributed by atoms with van der Waals surface area (Å²) in [7, 11) is -4.25. The molecule has 2 aromatic rings. The second-order valence-corrected chi connectivity index (χ2v) is 5.69. The van der Waals surface area contributed by atoms with Gasteiger partial charge in [0, 0.05) is 6.07 Å². The first-order valence-electron chi connectivity index (χ1n) is 6.03. The number of rotatable bonds is 5. The van der Waals surface area contributed by atoms with Gasteiger partial charge in [-0.25, -0.2) is 13.6 Å². The van der Waals surface area contributed by atoms with Crippen molar-refractivity contribution in [2.24, 2.45) is 0 Å². The number of H-pyrrole nitrogens is 1. The number of carbonyl (C=O) groups excluding carboxylic acids is 1. The molecule has 0 saturated heterocycles. The van der Waals surface area contributed by atoms with Crippen molar-refractivity contribution in [2.45, 2.75) is 11.9 Å². The average Bonchev–Trinajstić information content (AvgIpc) is 2.93. The summed E-state index contributed by atoms with van der Waals surface area (Å²) in [5, 5.41) is 5.12. The SMILES string of the molecule is CCOC(=O)c1cn[nH]c1S(=O)(=O)Nc1ccc(F)c(F)c1. The molecule has 0 fully saturated rings. The van der Waals surface area contributed by atoms with Crippen molar-refractivity contribution in [1.29, 1.82) is 0 Å². The van der Waals surface area contributed by atoms with Crippen molar-refractivity contribution < 1.29 is 26.7 Å². The summed E-state index contributed by atoms with van der Waals surface area (Å²) >= 11 is 0. The topological polar surface area (TPSA) is 101 Å². The normalized spacial score (nSPS) is 11.2. The summed E-state index contributed by atoms with van der Waals surface area (Å²) in [6.45, 7) is 1.62. The highest BCUT2D eigenvalue weighted by atomic mass is 32.2. The fourth-order valence-electron chi connectivity index (χ4n) is 1.60. The van der Waals surface area contributed by atoms with E-state index in [4.69, 9.17) is 4.74 Å². The summed E-state index contributed by atoms with van der Waals surface area (Å²) in [5.74, 6) is -3.20. The van der Waals surface area contributed by atoms with E-state index in [0.29, 0.717) is 6.07 Å². The highest BCUT2D eigenvalue weighted by molar-refractivity contribution is 7.92. The fraction of sp³-hybridized carbons (Fsp3) is 0.167. The lowest BCUT2D eigenvalue weighted by molar-refractivity contribution is 0.0522. The number of hydrogen-bond acceptors (Lipinski definition) is 5. The molecule has 22 heavy (non-hydrogen) atoms. The van der Waals surface area contributed by atoms with Gasteiger partial charge in [-0.3, -0.25) is 9.82 Å². The number of nitrogens with zero attached hydrogens (tertiary/aromatic N) is 1. The lowest BCUT2D eigenvalue weighted by atomic mass is 10.3. The maximum absolute atomic E-state index is 13.1. The van der Waals surface area contributed by atoms with Crippen LogP contribution < -0.4 is 4.72 Å². The molecule has 118 valence electrons. The first-order valence-corrected chi connectivity index (χ1v) is 7.52. The van der Waals surface area contributed by atoms with Gasteiger partial charge in [-0.05, 0) is 19.1 Å². The summed E-state index contributed by atoms with van der Waals surface area (Å²) in [4.78, 5) is 11.6. The third-order valence-corrected chi connectivity index (χ3v) is 3.89. The average molecular weight is 331 g/mol. The van der Waals surface area contributed by atoms with Gasteiger partial charge in [0.15, 0.2) is 16.7 Å². The molecule has 2 N–H and O–H groups in total. The minimum atomic E-state index is -4.25. The number of carbonyl (C=O) groups is 1. The lowest BCUT2D eigenvalue weighted by Gasteiger charge is -2.08. The smallest absolute Gasteiger partial charge is 0.342 e. The third-order valence-electron chi connectivity index (χ3n) is 2.54. The Hall–Kier alpha value is -2.49. The van der Waals surface area contributed by atoms with E-state index in [1.165, 1.54) is 0 Å². The van der Waals surface area contributed by atoms with Gasteiger partial charge in [0.2, 0.25) is 0 Å². The molecule has 0 spiro atoms. The van der Waals surface area contributed by atoms with E-state index < -0.39 is 32.7 Å². The first kappa shape index (κ1) is 15.9. The monoisotopic (exact) mass is 331 g/mol. The minimum absolute atomic E-state index is 0.0557. The maximum Gasteiger partial charge on any atom is 0.342 e. The predicted molar refractivity (Wildman–Crippen MR) is 71.7 cm³/mol. The molecule has 1 aromatic carbocycles. The Bertz CT molecular complexity index is 804. The van der Waals surface area contributed by atoms with Crippen LogP contribution >= 0.6 is 0 Å². The molecular formula is C12H11F2N3O4S. The number of esters is 1. The zero-order chi connectivity index (χ0) is 16.3. The Morgan fingerprint density at radius 3 is 2.73 bits per heavy atom. The Balaban J connectivity index is 2.33. The highest BCUT2D eigenvalue weighted by Crippen LogP contribution is 2.19. The zero-order valence-corrected chi connectivity index (χ0v) is 12.1. The minimum Gasteiger partial charge on any atom is -0.462 e. The van der Waals surface area contributed by atoms with E-state index in [1.54, 1.807) is 6.92 Å². The number of halogens is 2. The van der Waals surface area contributed by atoms with E-state index in [9.17, 15) is 22.0 Å². The van der Waals surface area contributed by atoms with E-state index in [0.717, 1.165) is 18.3 Å². The van der Waals surface area contributed by atoms with Crippen molar-refractivity contribution in [1.82, 2.24) is 10.2 Å². The van der Waals surface area contributed by atoms with Crippen LogP contribution in [-0.2, 0) is 14.8 Å². The van der Waals surface area contributed by atoms with Crippen molar-refractivity contribution in [2.75, 3.05) is 11.3 Å². The second-order valence-electron chi connectivity index (χ2n) is 4.07. The largest absolute Gasteiger partial charge is 0.462 e. The molecule has 0 saturated carbocycles. The highest BCUT2D eigenvalue weighted by Gasteiger charge is 2.26. The lowest BCUT2D eigenvalue weighted by Crippen LogP contribution is -2.17. The van der Waals surface area contributed by atoms with Crippen LogP contribution in [-0.4, -0.2) is 31.2 Å². The summed E-state index contributed by atoms with van der Waals surface area (Å²) in [6.07, 6.45) is 0.998. The van der Waals surface area contributed by atoms with Gasteiger partial charge in [-0.1, -0.05) is 0 Å². The molecule has 0 amide bonds. The van der Waals surface area contributed by atoms with Crippen LogP contribution in [0.25, 0.3) is 0 Å². The van der Waals surface area contributed by atoms with E-state index in [-0.39, 0.29) is 17.9 Å². The molecule has 0 unspecified atom stereocenters. The first-order chi connectivity index (χ1) is 10.3. The van der Waals surface area contributed by atoms with Crippen LogP contribution in [0.4, 0.5) is 14.5 Å². The number of ether oxygens (including phenoxy) is 1. The van der Waals surface area contributed by atoms with Gasteiger partial charge in [0.25, 0.3) is 10.0 Å². The predicted octanol–water partition coefficient (Wildman–Crippen LogP) is 1.67. The van der Waals surface area contributed by atoms with E-state index >= 15 is 0 Å². The van der Waals surface area contributed by atoms with Crippen LogP contribution in [0.5, 0.6) is 0 Å². The Morgan fingerprint density at radius 2 is 2.09 bits per heavy atom. The number of sulfonamides is 1. The van der Waals surface area contributed by atoms with E-state index in [2.05, 4.69) is 10.2 Å². The van der Waals surface area contributed by atoms with Gasteiger partial charge in [0.1, 0.15) is 5.56 Å². The van der Waals surface area contributed by atoms with Crippen LogP contribution in [0.2, 0.25) is 0 Å². The van der Waals surface area contributed by atoms with Gasteiger partial charge >= 0.3 is 5.97 Å². The summed E-state index contributed by atoms with van der Waals surface area (Å²) in [5.41, 5.74) is -0.500. The molecule has 1 aromatic heterocycles. The molecule has 0 aliphatic heterocycles. The molecule has 0 bridgehead atoms. The van der Waals surface area contributed by atoms with Crippen molar-refractivity contribution in [3.63, 3.8) is 0 Å². The molecule has 1 heterocycles. The molecule has 0 aliphatic rings. The molecule has 0 atom stereocenters. The third kappa shape index (κ3) is 3.22. The van der Waals surface area contributed by atoms with Crippen LogP contribution in [0.1, 0.15) is 17.3 Å². The maximum atomic E-state index is 13.1. The Labute approximate surface area is 124 Å². The van der Waals surface area contributed by atoms with Gasteiger partial charge in [-0.15, -0.1) is 0 Å². The molecule has 2 rings (SSSR count). The van der Waals surface area contributed by atoms with Crippen molar-refractivity contribution in [3.8, 4) is 0 Å². The Kier molecular flexibility index (Phi) is 4.40. The number of aromatic amines is 1. The second kappa shape index (κ2) is 6.10. The number of benzene rings is 1. The number of nitrogens with one attached hydrogen (secondary N) is 2. The van der Waals surface area contributed by atoms with Crippen LogP contribution in [0.15, 0.2) is 29.4 Å². The molecule has 0 radical (unpaired) electrons. The number of hydrogen-bond donors (Lipinski definition) is 2. The standard InChI is InChI=1S/C12H11F2N3O4S/c1-2-21-12(18)8-6-15-16-11(8)22(19,20)17-7-3-4-9(13)10(14)5-7/h3-6,17H,2H2,1H3,(H,15,16). The summed E-state index contributed by atoms with van der Waals surface area (Å²) in [6, 6.07) is 2.48. The van der Waals surface area contributed by atoms with Gasteiger partial charge in [0.05, 0.1) is 18.5 Å². The fourth-order valence-corrected chi connectivity index (χ4v) is 2.74.